The number of hydrogen-bond donors (Lipinski definition) is 2. The molecule has 3 N–H and O–H groups in total. The standard InChI is InChI=1S/C21H33N5O/c1-16-7-8-19(15-17(16)2)24-21(22)23-9-10-25-11-13-26(14-12-25)20(27)18-5-3-4-6-18/h7-8,15,18H,3-6,9-14H2,1-2H3,(H3,22,23,24). The Morgan fingerprint density at radius 2 is 1.85 bits per heavy atom. The molecule has 1 aliphatic heterocycles. The lowest BCUT2D eigenvalue weighted by atomic mass is 10.1. The fourth-order valence-corrected chi connectivity index (χ4v) is 3.94. The summed E-state index contributed by atoms with van der Waals surface area (Å²) in [5.74, 6) is 1.12. The summed E-state index contributed by atoms with van der Waals surface area (Å²) in [6, 6.07) is 6.18. The predicted molar refractivity (Wildman–Crippen MR) is 111 cm³/mol. The molecule has 1 amide bonds. The summed E-state index contributed by atoms with van der Waals surface area (Å²) in [5.41, 5.74) is 9.48. The summed E-state index contributed by atoms with van der Waals surface area (Å²) < 4.78 is 0. The van der Waals surface area contributed by atoms with Gasteiger partial charge in [0, 0.05) is 44.3 Å². The number of aliphatic imine (C=N–C) groups is 1. The second-order valence-electron chi connectivity index (χ2n) is 7.84. The van der Waals surface area contributed by atoms with Gasteiger partial charge in [-0.2, -0.15) is 0 Å². The average Bonchev–Trinajstić information content (AvgIpc) is 3.19. The molecular weight excluding hydrogens is 338 g/mol. The van der Waals surface area contributed by atoms with Crippen molar-refractivity contribution in [2.75, 3.05) is 44.6 Å². The first-order chi connectivity index (χ1) is 13.0. The summed E-state index contributed by atoms with van der Waals surface area (Å²) >= 11 is 0. The van der Waals surface area contributed by atoms with Crippen molar-refractivity contribution in [2.24, 2.45) is 16.6 Å². The van der Waals surface area contributed by atoms with E-state index in [2.05, 4.69) is 46.1 Å². The lowest BCUT2D eigenvalue weighted by Crippen LogP contribution is -2.50. The average molecular weight is 372 g/mol. The number of piperazine rings is 1. The van der Waals surface area contributed by atoms with Gasteiger partial charge in [-0.25, -0.2) is 0 Å². The van der Waals surface area contributed by atoms with Crippen molar-refractivity contribution in [1.82, 2.24) is 9.80 Å². The SMILES string of the molecule is Cc1ccc(NC(N)=NCCN2CCN(C(=O)C3CCCC3)CC2)cc1C. The Kier molecular flexibility index (Phi) is 6.72. The molecule has 1 aromatic carbocycles. The Morgan fingerprint density at radius 1 is 1.15 bits per heavy atom. The minimum Gasteiger partial charge on any atom is -0.370 e. The molecule has 6 nitrogen and oxygen atoms in total. The Balaban J connectivity index is 1.38. The largest absolute Gasteiger partial charge is 0.370 e. The van der Waals surface area contributed by atoms with E-state index in [1.807, 2.05) is 6.07 Å². The van der Waals surface area contributed by atoms with Gasteiger partial charge >= 0.3 is 0 Å². The summed E-state index contributed by atoms with van der Waals surface area (Å²) in [7, 11) is 0. The van der Waals surface area contributed by atoms with Crippen LogP contribution in [0.2, 0.25) is 0 Å². The van der Waals surface area contributed by atoms with E-state index in [0.29, 0.717) is 18.4 Å². The molecule has 0 radical (unpaired) electrons. The normalized spacial score (nSPS) is 19.5. The van der Waals surface area contributed by atoms with Crippen LogP contribution in [0.5, 0.6) is 0 Å². The van der Waals surface area contributed by atoms with Crippen molar-refractivity contribution in [2.45, 2.75) is 39.5 Å². The van der Waals surface area contributed by atoms with Gasteiger partial charge in [0.2, 0.25) is 5.91 Å². The van der Waals surface area contributed by atoms with Crippen molar-refractivity contribution in [3.05, 3.63) is 29.3 Å². The van der Waals surface area contributed by atoms with Gasteiger partial charge in [0.1, 0.15) is 0 Å². The first-order valence-corrected chi connectivity index (χ1v) is 10.2. The number of hydrogen-bond acceptors (Lipinski definition) is 3. The highest BCUT2D eigenvalue weighted by atomic mass is 16.2. The quantitative estimate of drug-likeness (QED) is 0.616. The van der Waals surface area contributed by atoms with Crippen molar-refractivity contribution in [3.63, 3.8) is 0 Å². The van der Waals surface area contributed by atoms with E-state index in [-0.39, 0.29) is 5.92 Å². The zero-order valence-electron chi connectivity index (χ0n) is 16.7. The van der Waals surface area contributed by atoms with Crippen LogP contribution in [0.4, 0.5) is 5.69 Å². The topological polar surface area (TPSA) is 74.0 Å². The maximum Gasteiger partial charge on any atom is 0.225 e. The van der Waals surface area contributed by atoms with Gasteiger partial charge in [0.25, 0.3) is 0 Å². The third-order valence-corrected chi connectivity index (χ3v) is 5.87. The second kappa shape index (κ2) is 9.22. The zero-order chi connectivity index (χ0) is 19.2. The summed E-state index contributed by atoms with van der Waals surface area (Å²) in [4.78, 5) is 21.4. The Labute approximate surface area is 162 Å². The molecule has 0 atom stereocenters. The number of carbonyl (C=O) groups is 1. The maximum absolute atomic E-state index is 12.5. The van der Waals surface area contributed by atoms with Crippen LogP contribution >= 0.6 is 0 Å². The maximum atomic E-state index is 12.5. The molecule has 2 aliphatic rings. The van der Waals surface area contributed by atoms with E-state index in [1.54, 1.807) is 0 Å². The van der Waals surface area contributed by atoms with Crippen LogP contribution in [0.1, 0.15) is 36.8 Å². The fraction of sp³-hybridized carbons (Fsp3) is 0.619. The van der Waals surface area contributed by atoms with Crippen LogP contribution in [-0.4, -0.2) is 60.9 Å². The van der Waals surface area contributed by atoms with Crippen molar-refractivity contribution in [3.8, 4) is 0 Å². The first-order valence-electron chi connectivity index (χ1n) is 10.2. The van der Waals surface area contributed by atoms with Crippen LogP contribution in [0.25, 0.3) is 0 Å². The summed E-state index contributed by atoms with van der Waals surface area (Å²) in [6.45, 7) is 9.27. The molecule has 0 spiro atoms. The van der Waals surface area contributed by atoms with Gasteiger partial charge in [-0.15, -0.1) is 0 Å². The molecule has 148 valence electrons. The molecular formula is C21H33N5O. The second-order valence-corrected chi connectivity index (χ2v) is 7.84. The Morgan fingerprint density at radius 3 is 2.52 bits per heavy atom. The number of nitrogens with zero attached hydrogens (tertiary/aromatic N) is 3. The fourth-order valence-electron chi connectivity index (χ4n) is 3.94. The van der Waals surface area contributed by atoms with Crippen LogP contribution in [0, 0.1) is 19.8 Å². The van der Waals surface area contributed by atoms with Crippen molar-refractivity contribution < 1.29 is 4.79 Å². The molecule has 1 saturated heterocycles. The Bertz CT molecular complexity index is 673. The van der Waals surface area contributed by atoms with E-state index in [4.69, 9.17) is 5.73 Å². The van der Waals surface area contributed by atoms with Gasteiger partial charge in [-0.1, -0.05) is 18.9 Å². The van der Waals surface area contributed by atoms with Gasteiger partial charge in [0.15, 0.2) is 5.96 Å². The molecule has 6 heteroatoms. The van der Waals surface area contributed by atoms with E-state index < -0.39 is 0 Å². The van der Waals surface area contributed by atoms with Gasteiger partial charge in [-0.05, 0) is 49.9 Å². The number of carbonyl (C=O) groups excluding carboxylic acids is 1. The third kappa shape index (κ3) is 5.45. The summed E-state index contributed by atoms with van der Waals surface area (Å²) in [6.07, 6.45) is 4.60. The molecule has 3 rings (SSSR count). The molecule has 1 heterocycles. The number of aryl methyl sites for hydroxylation is 2. The first kappa shape index (κ1) is 19.7. The highest BCUT2D eigenvalue weighted by Crippen LogP contribution is 2.26. The Hall–Kier alpha value is -2.08. The third-order valence-electron chi connectivity index (χ3n) is 5.87. The number of benzene rings is 1. The number of amides is 1. The van der Waals surface area contributed by atoms with Crippen molar-refractivity contribution in [1.29, 1.82) is 0 Å². The molecule has 1 aliphatic carbocycles. The number of nitrogens with two attached hydrogens (primary N) is 1. The van der Waals surface area contributed by atoms with Crippen molar-refractivity contribution >= 4 is 17.6 Å². The number of guanidine groups is 1. The highest BCUT2D eigenvalue weighted by Gasteiger charge is 2.29. The van der Waals surface area contributed by atoms with Crippen LogP contribution in [0.3, 0.4) is 0 Å². The molecule has 1 aromatic rings. The molecule has 27 heavy (non-hydrogen) atoms. The highest BCUT2D eigenvalue weighted by molar-refractivity contribution is 5.92. The van der Waals surface area contributed by atoms with Crippen LogP contribution in [-0.2, 0) is 4.79 Å². The van der Waals surface area contributed by atoms with E-state index in [1.165, 1.54) is 24.0 Å². The van der Waals surface area contributed by atoms with E-state index >= 15 is 0 Å². The molecule has 2 fully saturated rings. The lowest BCUT2D eigenvalue weighted by molar-refractivity contribution is -0.137. The molecule has 1 saturated carbocycles. The minimum atomic E-state index is 0.289. The predicted octanol–water partition coefficient (Wildman–Crippen LogP) is 2.36. The van der Waals surface area contributed by atoms with E-state index in [9.17, 15) is 4.79 Å². The van der Waals surface area contributed by atoms with Gasteiger partial charge in [-0.3, -0.25) is 14.7 Å². The number of nitrogens with one attached hydrogen (secondary N) is 1. The number of rotatable bonds is 5. The molecule has 0 unspecified atom stereocenters. The van der Waals surface area contributed by atoms with E-state index in [0.717, 1.165) is 51.3 Å². The minimum absolute atomic E-state index is 0.289. The molecule has 0 aromatic heterocycles. The van der Waals surface area contributed by atoms with Crippen LogP contribution in [0.15, 0.2) is 23.2 Å². The van der Waals surface area contributed by atoms with Gasteiger partial charge < -0.3 is 16.0 Å². The summed E-state index contributed by atoms with van der Waals surface area (Å²) in [5, 5.41) is 3.16. The van der Waals surface area contributed by atoms with Gasteiger partial charge in [0.05, 0.1) is 6.54 Å². The van der Waals surface area contributed by atoms with Crippen LogP contribution < -0.4 is 11.1 Å². The smallest absolute Gasteiger partial charge is 0.225 e. The zero-order valence-corrected chi connectivity index (χ0v) is 16.7. The monoisotopic (exact) mass is 371 g/mol. The lowest BCUT2D eigenvalue weighted by Gasteiger charge is -2.35. The molecule has 0 bridgehead atoms. The number of anilines is 1.